The quantitative estimate of drug-likeness (QED) is 0.595. The van der Waals surface area contributed by atoms with E-state index in [1.165, 1.54) is 6.33 Å². The van der Waals surface area contributed by atoms with Crippen LogP contribution in [-0.4, -0.2) is 19.9 Å². The highest BCUT2D eigenvalue weighted by molar-refractivity contribution is 5.91. The van der Waals surface area contributed by atoms with Crippen molar-refractivity contribution in [1.29, 1.82) is 5.26 Å². The Morgan fingerprint density at radius 1 is 1.04 bits per heavy atom. The molecule has 0 radical (unpaired) electrons. The van der Waals surface area contributed by atoms with Crippen LogP contribution >= 0.6 is 0 Å². The smallest absolute Gasteiger partial charge is 0.115 e. The molecule has 0 atom stereocenters. The molecule has 0 aliphatic carbocycles. The lowest BCUT2D eigenvalue weighted by Crippen LogP contribution is -2.00. The number of nitriles is 1. The van der Waals surface area contributed by atoms with Gasteiger partial charge in [-0.25, -0.2) is 9.97 Å². The summed E-state index contributed by atoms with van der Waals surface area (Å²) >= 11 is 0. The van der Waals surface area contributed by atoms with Gasteiger partial charge in [-0.05, 0) is 30.7 Å². The Labute approximate surface area is 144 Å². The van der Waals surface area contributed by atoms with E-state index in [4.69, 9.17) is 0 Å². The van der Waals surface area contributed by atoms with E-state index >= 15 is 0 Å². The number of nitrogens with zero attached hydrogens (tertiary/aromatic N) is 4. The lowest BCUT2D eigenvalue weighted by molar-refractivity contribution is 1.17. The predicted octanol–water partition coefficient (Wildman–Crippen LogP) is 3.94. The summed E-state index contributed by atoms with van der Waals surface area (Å²) in [7, 11) is 0. The highest BCUT2D eigenvalue weighted by Gasteiger charge is 2.14. The van der Waals surface area contributed by atoms with E-state index in [0.29, 0.717) is 11.3 Å². The second-order valence-electron chi connectivity index (χ2n) is 5.65. The van der Waals surface area contributed by atoms with Gasteiger partial charge < -0.3 is 10.3 Å². The number of hydrogen-bond donors (Lipinski definition) is 2. The number of anilines is 2. The summed E-state index contributed by atoms with van der Waals surface area (Å²) in [6.45, 7) is 2.05. The Morgan fingerprint density at radius 2 is 1.88 bits per heavy atom. The highest BCUT2D eigenvalue weighted by atomic mass is 14.9. The Morgan fingerprint density at radius 3 is 2.68 bits per heavy atom. The van der Waals surface area contributed by atoms with Crippen molar-refractivity contribution in [3.63, 3.8) is 0 Å². The molecule has 0 saturated carbocycles. The summed E-state index contributed by atoms with van der Waals surface area (Å²) in [6, 6.07) is 8.26. The first-order chi connectivity index (χ1) is 12.3. The average Bonchev–Trinajstić information content (AvgIpc) is 3.14. The van der Waals surface area contributed by atoms with Gasteiger partial charge in [-0.1, -0.05) is 0 Å². The van der Waals surface area contributed by atoms with Crippen molar-refractivity contribution in [2.24, 2.45) is 0 Å². The van der Waals surface area contributed by atoms with Gasteiger partial charge in [-0.2, -0.15) is 5.26 Å². The molecule has 0 aliphatic heterocycles. The average molecular weight is 326 g/mol. The summed E-state index contributed by atoms with van der Waals surface area (Å²) in [4.78, 5) is 15.5. The molecule has 6 heteroatoms. The molecule has 0 bridgehead atoms. The van der Waals surface area contributed by atoms with Gasteiger partial charge in [0.25, 0.3) is 0 Å². The lowest BCUT2D eigenvalue weighted by Gasteiger charge is -2.15. The summed E-state index contributed by atoms with van der Waals surface area (Å²) in [5, 5.41) is 14.1. The Hall–Kier alpha value is -3.72. The van der Waals surface area contributed by atoms with Crippen molar-refractivity contribution < 1.29 is 0 Å². The number of rotatable bonds is 3. The first-order valence-corrected chi connectivity index (χ1v) is 7.75. The molecular weight excluding hydrogens is 312 g/mol. The number of fused-ring (bicyclic) bond motifs is 1. The standard InChI is InChI=1S/C19H14N6/c1-12-15-4-5-24-18(15)3-2-17(12)25-19-13(6-20)7-21-10-16(19)14-8-22-11-23-9-14/h2-5,7-11,24H,1H3,(H,21,25). The third kappa shape index (κ3) is 2.58. The second-order valence-corrected chi connectivity index (χ2v) is 5.65. The topological polar surface area (TPSA) is 90.3 Å². The number of nitrogens with one attached hydrogen (secondary N) is 2. The molecule has 4 rings (SSSR count). The first-order valence-electron chi connectivity index (χ1n) is 7.75. The van der Waals surface area contributed by atoms with Gasteiger partial charge in [-0.15, -0.1) is 0 Å². The fourth-order valence-corrected chi connectivity index (χ4v) is 2.89. The normalized spacial score (nSPS) is 10.6. The summed E-state index contributed by atoms with van der Waals surface area (Å²) in [6.07, 6.45) is 10.1. The fraction of sp³-hybridized carbons (Fsp3) is 0.0526. The van der Waals surface area contributed by atoms with Gasteiger partial charge in [-0.3, -0.25) is 4.98 Å². The van der Waals surface area contributed by atoms with Crippen molar-refractivity contribution in [2.75, 3.05) is 5.32 Å². The van der Waals surface area contributed by atoms with Crippen LogP contribution < -0.4 is 5.32 Å². The molecule has 3 heterocycles. The monoisotopic (exact) mass is 326 g/mol. The highest BCUT2D eigenvalue weighted by Crippen LogP contribution is 2.34. The lowest BCUT2D eigenvalue weighted by atomic mass is 10.0. The maximum Gasteiger partial charge on any atom is 0.115 e. The molecule has 4 aromatic rings. The number of pyridine rings is 1. The second kappa shape index (κ2) is 6.06. The minimum atomic E-state index is 0.468. The molecule has 2 N–H and O–H groups in total. The molecule has 25 heavy (non-hydrogen) atoms. The first kappa shape index (κ1) is 14.8. The number of hydrogen-bond acceptors (Lipinski definition) is 5. The third-order valence-corrected chi connectivity index (χ3v) is 4.20. The zero-order valence-electron chi connectivity index (χ0n) is 13.5. The molecule has 0 amide bonds. The number of aryl methyl sites for hydroxylation is 1. The summed E-state index contributed by atoms with van der Waals surface area (Å²) in [5.41, 5.74) is 5.88. The van der Waals surface area contributed by atoms with Crippen LogP contribution in [-0.2, 0) is 0 Å². The molecule has 0 fully saturated rings. The largest absolute Gasteiger partial charge is 0.361 e. The van der Waals surface area contributed by atoms with Crippen LogP contribution in [0, 0.1) is 18.3 Å². The fourth-order valence-electron chi connectivity index (χ4n) is 2.89. The van der Waals surface area contributed by atoms with Crippen LogP contribution in [0.25, 0.3) is 22.0 Å². The van der Waals surface area contributed by atoms with Gasteiger partial charge in [0.2, 0.25) is 0 Å². The molecular formula is C19H14N6. The van der Waals surface area contributed by atoms with Crippen LogP contribution in [0.4, 0.5) is 11.4 Å². The summed E-state index contributed by atoms with van der Waals surface area (Å²) in [5.74, 6) is 0. The maximum absolute atomic E-state index is 9.51. The molecule has 6 nitrogen and oxygen atoms in total. The van der Waals surface area contributed by atoms with Crippen LogP contribution in [0.1, 0.15) is 11.1 Å². The number of aromatic nitrogens is 4. The van der Waals surface area contributed by atoms with Crippen molar-refractivity contribution in [3.05, 3.63) is 66.6 Å². The van der Waals surface area contributed by atoms with Crippen LogP contribution in [0.2, 0.25) is 0 Å². The van der Waals surface area contributed by atoms with Crippen LogP contribution in [0.5, 0.6) is 0 Å². The van der Waals surface area contributed by atoms with Crippen LogP contribution in [0.15, 0.2) is 55.5 Å². The minimum Gasteiger partial charge on any atom is -0.361 e. The Bertz CT molecular complexity index is 1090. The molecule has 0 saturated heterocycles. The summed E-state index contributed by atoms with van der Waals surface area (Å²) < 4.78 is 0. The third-order valence-electron chi connectivity index (χ3n) is 4.20. The van der Waals surface area contributed by atoms with E-state index in [9.17, 15) is 5.26 Å². The minimum absolute atomic E-state index is 0.468. The van der Waals surface area contributed by atoms with E-state index in [2.05, 4.69) is 38.2 Å². The Balaban J connectivity index is 1.87. The van der Waals surface area contributed by atoms with Crippen molar-refractivity contribution >= 4 is 22.3 Å². The molecule has 0 unspecified atom stereocenters. The van der Waals surface area contributed by atoms with Crippen molar-refractivity contribution in [3.8, 4) is 17.2 Å². The molecule has 3 aromatic heterocycles. The van der Waals surface area contributed by atoms with Crippen molar-refractivity contribution in [1.82, 2.24) is 19.9 Å². The molecule has 1 aromatic carbocycles. The van der Waals surface area contributed by atoms with Gasteiger partial charge in [0.1, 0.15) is 12.4 Å². The number of H-pyrrole nitrogens is 1. The van der Waals surface area contributed by atoms with Gasteiger partial charge in [0.15, 0.2) is 0 Å². The van der Waals surface area contributed by atoms with E-state index in [1.807, 2.05) is 24.4 Å². The van der Waals surface area contributed by atoms with E-state index in [1.54, 1.807) is 24.8 Å². The van der Waals surface area contributed by atoms with E-state index in [-0.39, 0.29) is 0 Å². The van der Waals surface area contributed by atoms with Gasteiger partial charge in [0, 0.05) is 58.7 Å². The van der Waals surface area contributed by atoms with E-state index in [0.717, 1.165) is 33.3 Å². The zero-order chi connectivity index (χ0) is 17.2. The Kier molecular flexibility index (Phi) is 3.60. The molecule has 0 spiro atoms. The van der Waals surface area contributed by atoms with Gasteiger partial charge in [0.05, 0.1) is 11.3 Å². The maximum atomic E-state index is 9.51. The van der Waals surface area contributed by atoms with Crippen LogP contribution in [0.3, 0.4) is 0 Å². The number of benzene rings is 1. The SMILES string of the molecule is Cc1c(Nc2c(C#N)cncc2-c2cncnc2)ccc2[nH]ccc12. The van der Waals surface area contributed by atoms with Crippen molar-refractivity contribution in [2.45, 2.75) is 6.92 Å². The molecule has 120 valence electrons. The zero-order valence-corrected chi connectivity index (χ0v) is 13.5. The number of aromatic amines is 1. The van der Waals surface area contributed by atoms with E-state index < -0.39 is 0 Å². The predicted molar refractivity (Wildman–Crippen MR) is 96.3 cm³/mol. The van der Waals surface area contributed by atoms with Gasteiger partial charge >= 0.3 is 0 Å². The molecule has 0 aliphatic rings.